The average molecular weight is 271 g/mol. The minimum atomic E-state index is -0.429. The molecule has 0 aliphatic rings. The molecule has 96 valence electrons. The van der Waals surface area contributed by atoms with Gasteiger partial charge in [-0.3, -0.25) is 4.79 Å². The molecule has 0 unspecified atom stereocenters. The predicted octanol–water partition coefficient (Wildman–Crippen LogP) is 2.48. The standard InChI is InChI=1S/C12H12ClFN2O2/c1-2-18-11(17)7-16-9-5-3-4-8(14)12(9)15-10(16)6-13/h3-5H,2,6-7H2,1H3. The summed E-state index contributed by atoms with van der Waals surface area (Å²) in [6.45, 7) is 2.01. The van der Waals surface area contributed by atoms with Crippen molar-refractivity contribution < 1.29 is 13.9 Å². The maximum absolute atomic E-state index is 13.6. The van der Waals surface area contributed by atoms with Crippen molar-refractivity contribution in [2.75, 3.05) is 6.61 Å². The van der Waals surface area contributed by atoms with Crippen LogP contribution >= 0.6 is 11.6 Å². The number of carbonyl (C=O) groups is 1. The molecule has 0 saturated heterocycles. The molecular formula is C12H12ClFN2O2. The largest absolute Gasteiger partial charge is 0.465 e. The molecule has 0 N–H and O–H groups in total. The second-order valence-electron chi connectivity index (χ2n) is 3.66. The second-order valence-corrected chi connectivity index (χ2v) is 3.93. The first-order valence-electron chi connectivity index (χ1n) is 5.52. The van der Waals surface area contributed by atoms with Crippen LogP contribution < -0.4 is 0 Å². The number of rotatable bonds is 4. The molecule has 1 aromatic heterocycles. The lowest BCUT2D eigenvalue weighted by atomic mass is 10.3. The molecule has 0 atom stereocenters. The van der Waals surface area contributed by atoms with E-state index >= 15 is 0 Å². The molecule has 2 rings (SSSR count). The lowest BCUT2D eigenvalue weighted by molar-refractivity contribution is -0.143. The Kier molecular flexibility index (Phi) is 3.81. The van der Waals surface area contributed by atoms with E-state index in [1.807, 2.05) is 0 Å². The first-order chi connectivity index (χ1) is 8.67. The summed E-state index contributed by atoms with van der Waals surface area (Å²) in [4.78, 5) is 15.6. The van der Waals surface area contributed by atoms with Crippen molar-refractivity contribution in [1.29, 1.82) is 0 Å². The molecule has 2 aromatic rings. The lowest BCUT2D eigenvalue weighted by Crippen LogP contribution is -2.15. The molecule has 0 saturated carbocycles. The number of carbonyl (C=O) groups excluding carboxylic acids is 1. The van der Waals surface area contributed by atoms with Gasteiger partial charge in [-0.25, -0.2) is 9.37 Å². The maximum Gasteiger partial charge on any atom is 0.326 e. The summed E-state index contributed by atoms with van der Waals surface area (Å²) < 4.78 is 20.0. The first-order valence-corrected chi connectivity index (χ1v) is 6.06. The minimum absolute atomic E-state index is 0.0180. The van der Waals surface area contributed by atoms with Gasteiger partial charge in [-0.05, 0) is 19.1 Å². The van der Waals surface area contributed by atoms with Crippen LogP contribution in [0.4, 0.5) is 4.39 Å². The zero-order valence-electron chi connectivity index (χ0n) is 9.82. The molecule has 1 heterocycles. The molecular weight excluding hydrogens is 259 g/mol. The Bertz CT molecular complexity index is 583. The number of halogens is 2. The number of hydrogen-bond donors (Lipinski definition) is 0. The van der Waals surface area contributed by atoms with E-state index in [2.05, 4.69) is 4.98 Å². The van der Waals surface area contributed by atoms with Gasteiger partial charge in [0, 0.05) is 0 Å². The van der Waals surface area contributed by atoms with Crippen molar-refractivity contribution in [2.45, 2.75) is 19.3 Å². The SMILES string of the molecule is CCOC(=O)Cn1c(CCl)nc2c(F)cccc21. The highest BCUT2D eigenvalue weighted by atomic mass is 35.5. The third kappa shape index (κ3) is 2.31. The molecule has 0 radical (unpaired) electrons. The van der Waals surface area contributed by atoms with Gasteiger partial charge in [0.15, 0.2) is 5.82 Å². The van der Waals surface area contributed by atoms with E-state index in [0.717, 1.165) is 0 Å². The van der Waals surface area contributed by atoms with E-state index in [1.54, 1.807) is 23.6 Å². The number of hydrogen-bond acceptors (Lipinski definition) is 3. The van der Waals surface area contributed by atoms with Gasteiger partial charge >= 0.3 is 5.97 Å². The average Bonchev–Trinajstić information content (AvgIpc) is 2.69. The van der Waals surface area contributed by atoms with Gasteiger partial charge < -0.3 is 9.30 Å². The quantitative estimate of drug-likeness (QED) is 0.633. The lowest BCUT2D eigenvalue weighted by Gasteiger charge is -2.06. The molecule has 0 aliphatic carbocycles. The van der Waals surface area contributed by atoms with Crippen LogP contribution in [0.15, 0.2) is 18.2 Å². The summed E-state index contributed by atoms with van der Waals surface area (Å²) in [7, 11) is 0. The van der Waals surface area contributed by atoms with Gasteiger partial charge in [0.25, 0.3) is 0 Å². The van der Waals surface area contributed by atoms with E-state index in [-0.39, 0.29) is 17.9 Å². The van der Waals surface area contributed by atoms with Crippen molar-refractivity contribution >= 4 is 28.6 Å². The normalized spacial score (nSPS) is 10.8. The molecule has 6 heteroatoms. The molecule has 0 amide bonds. The Hall–Kier alpha value is -1.62. The number of aromatic nitrogens is 2. The van der Waals surface area contributed by atoms with Gasteiger partial charge in [0.2, 0.25) is 0 Å². The molecule has 4 nitrogen and oxygen atoms in total. The number of benzene rings is 1. The minimum Gasteiger partial charge on any atom is -0.465 e. The number of esters is 1. The fraction of sp³-hybridized carbons (Fsp3) is 0.333. The molecule has 0 spiro atoms. The van der Waals surface area contributed by atoms with Crippen LogP contribution in [0.5, 0.6) is 0 Å². The Morgan fingerprint density at radius 1 is 1.56 bits per heavy atom. The van der Waals surface area contributed by atoms with Crippen molar-refractivity contribution in [3.63, 3.8) is 0 Å². The third-order valence-corrected chi connectivity index (χ3v) is 2.76. The number of para-hydroxylation sites is 1. The van der Waals surface area contributed by atoms with Crippen LogP contribution in [0.2, 0.25) is 0 Å². The van der Waals surface area contributed by atoms with Crippen LogP contribution in [-0.2, 0) is 22.0 Å². The van der Waals surface area contributed by atoms with Crippen molar-refractivity contribution in [3.8, 4) is 0 Å². The molecule has 0 bridgehead atoms. The van der Waals surface area contributed by atoms with Crippen LogP contribution in [0.25, 0.3) is 11.0 Å². The van der Waals surface area contributed by atoms with Gasteiger partial charge in [0.05, 0.1) is 18.0 Å². The number of imidazole rings is 1. The topological polar surface area (TPSA) is 44.1 Å². The number of alkyl halides is 1. The van der Waals surface area contributed by atoms with Gasteiger partial charge in [-0.2, -0.15) is 0 Å². The summed E-state index contributed by atoms with van der Waals surface area (Å²) in [5.74, 6) is -0.271. The Labute approximate surface area is 108 Å². The molecule has 0 aliphatic heterocycles. The predicted molar refractivity (Wildman–Crippen MR) is 65.9 cm³/mol. The van der Waals surface area contributed by atoms with E-state index < -0.39 is 11.8 Å². The Morgan fingerprint density at radius 3 is 3.00 bits per heavy atom. The fourth-order valence-electron chi connectivity index (χ4n) is 1.78. The van der Waals surface area contributed by atoms with Gasteiger partial charge in [-0.1, -0.05) is 6.07 Å². The van der Waals surface area contributed by atoms with Crippen LogP contribution in [0.1, 0.15) is 12.7 Å². The van der Waals surface area contributed by atoms with Gasteiger partial charge in [-0.15, -0.1) is 11.6 Å². The van der Waals surface area contributed by atoms with E-state index in [1.165, 1.54) is 6.07 Å². The summed E-state index contributed by atoms with van der Waals surface area (Å²) >= 11 is 5.76. The number of nitrogens with zero attached hydrogens (tertiary/aromatic N) is 2. The van der Waals surface area contributed by atoms with Crippen LogP contribution in [0, 0.1) is 5.82 Å². The van der Waals surface area contributed by atoms with Gasteiger partial charge in [0.1, 0.15) is 17.9 Å². The summed E-state index contributed by atoms with van der Waals surface area (Å²) in [6.07, 6.45) is 0. The second kappa shape index (κ2) is 5.35. The van der Waals surface area contributed by atoms with E-state index in [4.69, 9.17) is 16.3 Å². The number of fused-ring (bicyclic) bond motifs is 1. The van der Waals surface area contributed by atoms with Crippen LogP contribution in [0.3, 0.4) is 0 Å². The number of ether oxygens (including phenoxy) is 1. The van der Waals surface area contributed by atoms with Crippen molar-refractivity contribution in [1.82, 2.24) is 9.55 Å². The molecule has 1 aromatic carbocycles. The maximum atomic E-state index is 13.6. The monoisotopic (exact) mass is 270 g/mol. The summed E-state index contributed by atoms with van der Waals surface area (Å²) in [6, 6.07) is 4.59. The summed E-state index contributed by atoms with van der Waals surface area (Å²) in [5, 5.41) is 0. The summed E-state index contributed by atoms with van der Waals surface area (Å²) in [5.41, 5.74) is 0.760. The highest BCUT2D eigenvalue weighted by Gasteiger charge is 2.15. The third-order valence-electron chi connectivity index (χ3n) is 2.52. The van der Waals surface area contributed by atoms with E-state index in [9.17, 15) is 9.18 Å². The smallest absolute Gasteiger partial charge is 0.326 e. The highest BCUT2D eigenvalue weighted by molar-refractivity contribution is 6.16. The zero-order valence-corrected chi connectivity index (χ0v) is 10.6. The Morgan fingerprint density at radius 2 is 2.33 bits per heavy atom. The highest BCUT2D eigenvalue weighted by Crippen LogP contribution is 2.20. The fourth-order valence-corrected chi connectivity index (χ4v) is 1.98. The molecule has 0 fully saturated rings. The zero-order chi connectivity index (χ0) is 13.1. The first kappa shape index (κ1) is 12.8. The van der Waals surface area contributed by atoms with E-state index in [0.29, 0.717) is 17.9 Å². The van der Waals surface area contributed by atoms with Crippen LogP contribution in [-0.4, -0.2) is 22.1 Å². The Balaban J connectivity index is 2.47. The van der Waals surface area contributed by atoms with Crippen molar-refractivity contribution in [3.05, 3.63) is 29.8 Å². The van der Waals surface area contributed by atoms with Crippen molar-refractivity contribution in [2.24, 2.45) is 0 Å². The molecule has 18 heavy (non-hydrogen) atoms.